The molecule has 5 N–H and O–H groups in total. The zero-order valence-corrected chi connectivity index (χ0v) is 13.7. The first-order chi connectivity index (χ1) is 12.4. The molecular weight excluding hydrogens is 350 g/mol. The zero-order valence-electron chi connectivity index (χ0n) is 13.7. The van der Waals surface area contributed by atoms with Crippen LogP contribution < -0.4 is 5.32 Å². The van der Waals surface area contributed by atoms with Crippen LogP contribution in [0.2, 0.25) is 0 Å². The molecule has 1 aromatic rings. The summed E-state index contributed by atoms with van der Waals surface area (Å²) in [4.78, 5) is 23.1. The molecule has 1 fully saturated rings. The highest BCUT2D eigenvalue weighted by Gasteiger charge is 2.43. The lowest BCUT2D eigenvalue weighted by atomic mass is 9.99. The first kappa shape index (κ1) is 20.1. The van der Waals surface area contributed by atoms with Crippen LogP contribution in [0.15, 0.2) is 30.3 Å². The third-order valence-electron chi connectivity index (χ3n) is 3.69. The standard InChI is InChI=1S/C16H21NO9/c18-11(6-17-16(23)25-7-9-4-2-1-3-5-9)24-8-10-12(19)13(20)14(21)15(22)26-10/h1-5,10,12-15,19-22H,6-8H2,(H,17,23). The molecule has 1 heterocycles. The van der Waals surface area contributed by atoms with E-state index < -0.39 is 55.9 Å². The number of carbonyl (C=O) groups is 2. The van der Waals surface area contributed by atoms with E-state index in [9.17, 15) is 30.0 Å². The predicted octanol–water partition coefficient (Wildman–Crippen LogP) is -1.74. The summed E-state index contributed by atoms with van der Waals surface area (Å²) in [6, 6.07) is 8.96. The SMILES string of the molecule is O=C(CNC(=O)OCc1ccccc1)OCC1OC(O)C(O)C(O)C1O. The third-order valence-corrected chi connectivity index (χ3v) is 3.69. The molecule has 0 saturated carbocycles. The second-order valence-electron chi connectivity index (χ2n) is 5.64. The normalized spacial score (nSPS) is 28.2. The van der Waals surface area contributed by atoms with Gasteiger partial charge in [-0.15, -0.1) is 0 Å². The van der Waals surface area contributed by atoms with Gasteiger partial charge in [0, 0.05) is 0 Å². The topological polar surface area (TPSA) is 155 Å². The minimum Gasteiger partial charge on any atom is -0.461 e. The summed E-state index contributed by atoms with van der Waals surface area (Å²) in [6.45, 7) is -0.923. The molecular formula is C16H21NO9. The minimum absolute atomic E-state index is 0.0436. The molecule has 1 amide bonds. The number of nitrogens with one attached hydrogen (secondary N) is 1. The Labute approximate surface area is 148 Å². The lowest BCUT2D eigenvalue weighted by Gasteiger charge is -2.37. The maximum Gasteiger partial charge on any atom is 0.407 e. The number of alkyl carbamates (subject to hydrolysis) is 1. The van der Waals surface area contributed by atoms with Gasteiger partial charge < -0.3 is 40.0 Å². The Morgan fingerprint density at radius 2 is 1.69 bits per heavy atom. The Kier molecular flexibility index (Phi) is 7.30. The fourth-order valence-electron chi connectivity index (χ4n) is 2.21. The van der Waals surface area contributed by atoms with Crippen molar-refractivity contribution >= 4 is 12.1 Å². The van der Waals surface area contributed by atoms with E-state index in [2.05, 4.69) is 5.32 Å². The molecule has 26 heavy (non-hydrogen) atoms. The van der Waals surface area contributed by atoms with Gasteiger partial charge in [-0.3, -0.25) is 4.79 Å². The Hall–Kier alpha value is -2.24. The van der Waals surface area contributed by atoms with Crippen LogP contribution >= 0.6 is 0 Å². The average molecular weight is 371 g/mol. The van der Waals surface area contributed by atoms with Crippen molar-refractivity contribution in [3.05, 3.63) is 35.9 Å². The number of benzene rings is 1. The predicted molar refractivity (Wildman–Crippen MR) is 84.5 cm³/mol. The minimum atomic E-state index is -1.72. The van der Waals surface area contributed by atoms with Crippen LogP contribution in [0.25, 0.3) is 0 Å². The molecule has 10 heteroatoms. The second kappa shape index (κ2) is 9.46. The highest BCUT2D eigenvalue weighted by molar-refractivity contribution is 5.77. The molecule has 1 saturated heterocycles. The van der Waals surface area contributed by atoms with E-state index in [1.807, 2.05) is 6.07 Å². The van der Waals surface area contributed by atoms with E-state index in [-0.39, 0.29) is 6.61 Å². The number of esters is 1. The lowest BCUT2D eigenvalue weighted by Crippen LogP contribution is -2.58. The number of ether oxygens (including phenoxy) is 3. The molecule has 10 nitrogen and oxygen atoms in total. The number of carbonyl (C=O) groups excluding carboxylic acids is 2. The Balaban J connectivity index is 1.66. The van der Waals surface area contributed by atoms with Crippen molar-refractivity contribution in [2.24, 2.45) is 0 Å². The van der Waals surface area contributed by atoms with Gasteiger partial charge in [0.25, 0.3) is 0 Å². The van der Waals surface area contributed by atoms with Gasteiger partial charge in [0.15, 0.2) is 6.29 Å². The van der Waals surface area contributed by atoms with Crippen molar-refractivity contribution in [2.45, 2.75) is 37.3 Å². The summed E-state index contributed by atoms with van der Waals surface area (Å²) < 4.78 is 14.6. The van der Waals surface area contributed by atoms with E-state index >= 15 is 0 Å². The number of hydrogen-bond acceptors (Lipinski definition) is 9. The molecule has 1 aromatic carbocycles. The molecule has 0 aromatic heterocycles. The number of hydrogen-bond donors (Lipinski definition) is 5. The second-order valence-corrected chi connectivity index (χ2v) is 5.64. The van der Waals surface area contributed by atoms with Crippen molar-refractivity contribution in [1.82, 2.24) is 5.32 Å². The summed E-state index contributed by atoms with van der Waals surface area (Å²) in [5.74, 6) is -0.840. The number of amides is 1. The van der Waals surface area contributed by atoms with Crippen LogP contribution in [0.1, 0.15) is 5.56 Å². The molecule has 0 spiro atoms. The molecule has 5 atom stereocenters. The van der Waals surface area contributed by atoms with E-state index in [1.165, 1.54) is 0 Å². The maximum atomic E-state index is 11.6. The van der Waals surface area contributed by atoms with Gasteiger partial charge in [-0.2, -0.15) is 0 Å². The summed E-state index contributed by atoms with van der Waals surface area (Å²) >= 11 is 0. The van der Waals surface area contributed by atoms with E-state index in [0.717, 1.165) is 5.56 Å². The van der Waals surface area contributed by atoms with Crippen LogP contribution in [0.3, 0.4) is 0 Å². The third kappa shape index (κ3) is 5.64. The van der Waals surface area contributed by atoms with Crippen LogP contribution in [0.4, 0.5) is 4.79 Å². The van der Waals surface area contributed by atoms with E-state index in [1.54, 1.807) is 24.3 Å². The number of aliphatic hydroxyl groups is 4. The van der Waals surface area contributed by atoms with Gasteiger partial charge in [-0.25, -0.2) is 4.79 Å². The largest absolute Gasteiger partial charge is 0.461 e. The maximum absolute atomic E-state index is 11.6. The van der Waals surface area contributed by atoms with E-state index in [0.29, 0.717) is 0 Å². The summed E-state index contributed by atoms with van der Waals surface area (Å²) in [7, 11) is 0. The van der Waals surface area contributed by atoms with Gasteiger partial charge in [0.2, 0.25) is 0 Å². The molecule has 1 aliphatic rings. The molecule has 144 valence electrons. The molecule has 1 aliphatic heterocycles. The quantitative estimate of drug-likeness (QED) is 0.366. The fourth-order valence-corrected chi connectivity index (χ4v) is 2.21. The molecule has 0 radical (unpaired) electrons. The van der Waals surface area contributed by atoms with Crippen molar-refractivity contribution in [1.29, 1.82) is 0 Å². The monoisotopic (exact) mass is 371 g/mol. The van der Waals surface area contributed by atoms with Gasteiger partial charge in [0.05, 0.1) is 0 Å². The van der Waals surface area contributed by atoms with Crippen LogP contribution in [-0.2, 0) is 25.6 Å². The Morgan fingerprint density at radius 1 is 1.00 bits per heavy atom. The summed E-state index contributed by atoms with van der Waals surface area (Å²) in [6.07, 6.45) is -8.62. The molecule has 0 aliphatic carbocycles. The summed E-state index contributed by atoms with van der Waals surface area (Å²) in [5.41, 5.74) is 0.785. The fraction of sp³-hybridized carbons (Fsp3) is 0.500. The van der Waals surface area contributed by atoms with Crippen molar-refractivity contribution in [2.75, 3.05) is 13.2 Å². The van der Waals surface area contributed by atoms with Crippen molar-refractivity contribution in [3.8, 4) is 0 Å². The van der Waals surface area contributed by atoms with Gasteiger partial charge >= 0.3 is 12.1 Å². The number of aliphatic hydroxyl groups excluding tert-OH is 4. The molecule has 5 unspecified atom stereocenters. The van der Waals surface area contributed by atoms with Crippen LogP contribution in [0.5, 0.6) is 0 Å². The first-order valence-corrected chi connectivity index (χ1v) is 7.86. The van der Waals surface area contributed by atoms with Crippen LogP contribution in [-0.4, -0.2) is 76.3 Å². The Morgan fingerprint density at radius 3 is 2.38 bits per heavy atom. The molecule has 2 rings (SSSR count). The van der Waals surface area contributed by atoms with Gasteiger partial charge in [-0.1, -0.05) is 30.3 Å². The highest BCUT2D eigenvalue weighted by atomic mass is 16.6. The van der Waals surface area contributed by atoms with Gasteiger partial charge in [0.1, 0.15) is 44.2 Å². The van der Waals surface area contributed by atoms with Crippen molar-refractivity contribution in [3.63, 3.8) is 0 Å². The summed E-state index contributed by atoms with van der Waals surface area (Å²) in [5, 5.41) is 40.1. The lowest BCUT2D eigenvalue weighted by molar-refractivity contribution is -0.287. The first-order valence-electron chi connectivity index (χ1n) is 7.86. The average Bonchev–Trinajstić information content (AvgIpc) is 2.65. The van der Waals surface area contributed by atoms with Gasteiger partial charge in [-0.05, 0) is 5.56 Å². The highest BCUT2D eigenvalue weighted by Crippen LogP contribution is 2.19. The van der Waals surface area contributed by atoms with Crippen molar-refractivity contribution < 1.29 is 44.2 Å². The Bertz CT molecular complexity index is 597. The number of rotatable bonds is 6. The van der Waals surface area contributed by atoms with E-state index in [4.69, 9.17) is 14.2 Å². The zero-order chi connectivity index (χ0) is 19.1. The molecule has 0 bridgehead atoms. The smallest absolute Gasteiger partial charge is 0.407 e. The van der Waals surface area contributed by atoms with Crippen LogP contribution in [0, 0.1) is 0 Å².